The van der Waals surface area contributed by atoms with E-state index in [1.165, 1.54) is 5.56 Å². The van der Waals surface area contributed by atoms with Crippen molar-refractivity contribution in [3.8, 4) is 11.4 Å². The van der Waals surface area contributed by atoms with E-state index in [0.717, 1.165) is 28.1 Å². The molecule has 0 saturated carbocycles. The van der Waals surface area contributed by atoms with Gasteiger partial charge in [-0.3, -0.25) is 4.57 Å². The van der Waals surface area contributed by atoms with Gasteiger partial charge in [-0.1, -0.05) is 24.3 Å². The molecule has 1 aliphatic rings. The number of benzene rings is 2. The minimum atomic E-state index is 0.0866. The first-order valence-electron chi connectivity index (χ1n) is 7.27. The molecule has 0 aliphatic carbocycles. The minimum Gasteiger partial charge on any atom is -0.361 e. The van der Waals surface area contributed by atoms with Gasteiger partial charge in [0.1, 0.15) is 12.0 Å². The van der Waals surface area contributed by atoms with E-state index < -0.39 is 0 Å². The zero-order chi connectivity index (χ0) is 14.5. The average molecular weight is 303 g/mol. The van der Waals surface area contributed by atoms with Crippen molar-refractivity contribution in [2.45, 2.75) is 6.17 Å². The predicted molar refractivity (Wildman–Crippen MR) is 91.2 cm³/mol. The molecule has 0 spiro atoms. The molecule has 0 radical (unpaired) electrons. The normalized spacial score (nSPS) is 16.1. The van der Waals surface area contributed by atoms with Crippen LogP contribution in [0.4, 0.5) is 5.69 Å². The number of nitrogens with one attached hydrogen (secondary N) is 1. The Bertz CT molecular complexity index is 969. The lowest BCUT2D eigenvalue weighted by molar-refractivity contribution is 0.671. The standard InChI is InChI=1S/C18H13N3S/c1-2-6-14-13(5-1)18-20-15-7-3-4-8-16(15)21(18)17(19-14)12-9-10-22-11-12/h1-11,17,19H/t17-/m0/s1. The third kappa shape index (κ3) is 1.58. The highest BCUT2D eigenvalue weighted by atomic mass is 32.1. The summed E-state index contributed by atoms with van der Waals surface area (Å²) in [5, 5.41) is 7.98. The largest absolute Gasteiger partial charge is 0.361 e. The monoisotopic (exact) mass is 303 g/mol. The van der Waals surface area contributed by atoms with Crippen molar-refractivity contribution in [1.29, 1.82) is 0 Å². The Morgan fingerprint density at radius 3 is 2.77 bits per heavy atom. The zero-order valence-corrected chi connectivity index (χ0v) is 12.5. The number of anilines is 1. The van der Waals surface area contributed by atoms with Crippen LogP contribution in [0.2, 0.25) is 0 Å². The molecular weight excluding hydrogens is 290 g/mol. The lowest BCUT2D eigenvalue weighted by Crippen LogP contribution is -2.24. The first kappa shape index (κ1) is 12.0. The number of fused-ring (bicyclic) bond motifs is 5. The second kappa shape index (κ2) is 4.45. The van der Waals surface area contributed by atoms with Gasteiger partial charge < -0.3 is 5.32 Å². The summed E-state index contributed by atoms with van der Waals surface area (Å²) in [7, 11) is 0. The summed E-state index contributed by atoms with van der Waals surface area (Å²) in [4.78, 5) is 4.88. The molecule has 106 valence electrons. The average Bonchev–Trinajstić information content (AvgIpc) is 3.22. The molecule has 0 bridgehead atoms. The quantitative estimate of drug-likeness (QED) is 0.550. The van der Waals surface area contributed by atoms with Gasteiger partial charge in [0.25, 0.3) is 0 Å². The fourth-order valence-corrected chi connectivity index (χ4v) is 3.85. The van der Waals surface area contributed by atoms with Crippen molar-refractivity contribution in [3.63, 3.8) is 0 Å². The molecule has 3 nitrogen and oxygen atoms in total. The number of aromatic nitrogens is 2. The summed E-state index contributed by atoms with van der Waals surface area (Å²) >= 11 is 1.72. The van der Waals surface area contributed by atoms with Crippen LogP contribution in [0, 0.1) is 0 Å². The molecule has 0 saturated heterocycles. The van der Waals surface area contributed by atoms with Crippen molar-refractivity contribution in [2.24, 2.45) is 0 Å². The lowest BCUT2D eigenvalue weighted by atomic mass is 10.1. The Morgan fingerprint density at radius 1 is 1.00 bits per heavy atom. The third-order valence-corrected chi connectivity index (χ3v) is 4.87. The van der Waals surface area contributed by atoms with E-state index in [2.05, 4.69) is 69.2 Å². The van der Waals surface area contributed by atoms with E-state index >= 15 is 0 Å². The van der Waals surface area contributed by atoms with Gasteiger partial charge >= 0.3 is 0 Å². The minimum absolute atomic E-state index is 0.0866. The SMILES string of the molecule is c1ccc2c(c1)N[C@H](c1ccsc1)n1c-2nc2ccccc21. The topological polar surface area (TPSA) is 29.9 Å². The maximum atomic E-state index is 4.88. The predicted octanol–water partition coefficient (Wildman–Crippen LogP) is 4.74. The second-order valence-electron chi connectivity index (χ2n) is 5.44. The zero-order valence-electron chi connectivity index (χ0n) is 11.7. The molecule has 22 heavy (non-hydrogen) atoms. The summed E-state index contributed by atoms with van der Waals surface area (Å²) in [6.07, 6.45) is 0.0866. The van der Waals surface area contributed by atoms with Crippen LogP contribution in [-0.2, 0) is 0 Å². The number of nitrogens with zero attached hydrogens (tertiary/aromatic N) is 2. The van der Waals surface area contributed by atoms with Crippen molar-refractivity contribution in [1.82, 2.24) is 9.55 Å². The molecule has 1 aliphatic heterocycles. The van der Waals surface area contributed by atoms with Crippen LogP contribution in [0.3, 0.4) is 0 Å². The highest BCUT2D eigenvalue weighted by molar-refractivity contribution is 7.08. The number of hydrogen-bond donors (Lipinski definition) is 1. The summed E-state index contributed by atoms with van der Waals surface area (Å²) in [5.41, 5.74) is 5.77. The molecule has 2 aromatic heterocycles. The van der Waals surface area contributed by atoms with Gasteiger partial charge in [-0.25, -0.2) is 4.98 Å². The van der Waals surface area contributed by atoms with E-state index in [1.54, 1.807) is 11.3 Å². The van der Waals surface area contributed by atoms with E-state index in [-0.39, 0.29) is 6.17 Å². The fraction of sp³-hybridized carbons (Fsp3) is 0.0556. The van der Waals surface area contributed by atoms with Gasteiger partial charge in [0.15, 0.2) is 0 Å². The summed E-state index contributed by atoms with van der Waals surface area (Å²) in [6, 6.07) is 18.9. The maximum Gasteiger partial charge on any atom is 0.145 e. The van der Waals surface area contributed by atoms with E-state index in [1.807, 2.05) is 6.07 Å². The van der Waals surface area contributed by atoms with Gasteiger partial charge in [-0.15, -0.1) is 0 Å². The van der Waals surface area contributed by atoms with E-state index in [4.69, 9.17) is 4.98 Å². The smallest absolute Gasteiger partial charge is 0.145 e. The number of hydrogen-bond acceptors (Lipinski definition) is 3. The molecular formula is C18H13N3S. The molecule has 1 N–H and O–H groups in total. The number of para-hydroxylation sites is 3. The Balaban J connectivity index is 1.87. The van der Waals surface area contributed by atoms with Gasteiger partial charge in [-0.2, -0.15) is 11.3 Å². The molecule has 1 atom stereocenters. The first-order valence-corrected chi connectivity index (χ1v) is 8.21. The van der Waals surface area contributed by atoms with Gasteiger partial charge in [-0.05, 0) is 41.1 Å². The molecule has 0 unspecified atom stereocenters. The Morgan fingerprint density at radius 2 is 1.86 bits per heavy atom. The molecule has 4 heteroatoms. The number of rotatable bonds is 1. The Hall–Kier alpha value is -2.59. The van der Waals surface area contributed by atoms with E-state index in [9.17, 15) is 0 Å². The van der Waals surface area contributed by atoms with Crippen LogP contribution in [-0.4, -0.2) is 9.55 Å². The van der Waals surface area contributed by atoms with Crippen LogP contribution in [0.25, 0.3) is 22.4 Å². The molecule has 0 fully saturated rings. The van der Waals surface area contributed by atoms with Crippen LogP contribution < -0.4 is 5.32 Å². The Kier molecular flexibility index (Phi) is 2.43. The summed E-state index contributed by atoms with van der Waals surface area (Å²) in [5.74, 6) is 1.03. The molecule has 4 aromatic rings. The van der Waals surface area contributed by atoms with Crippen LogP contribution in [0.1, 0.15) is 11.7 Å². The number of thiophene rings is 1. The molecule has 3 heterocycles. The molecule has 5 rings (SSSR count). The van der Waals surface area contributed by atoms with Gasteiger partial charge in [0.05, 0.1) is 11.0 Å². The Labute approximate surface area is 131 Å². The lowest BCUT2D eigenvalue weighted by Gasteiger charge is -2.29. The second-order valence-corrected chi connectivity index (χ2v) is 6.22. The van der Waals surface area contributed by atoms with Crippen LogP contribution in [0.5, 0.6) is 0 Å². The third-order valence-electron chi connectivity index (χ3n) is 4.17. The van der Waals surface area contributed by atoms with Crippen molar-refractivity contribution < 1.29 is 0 Å². The van der Waals surface area contributed by atoms with Crippen LogP contribution in [0.15, 0.2) is 65.4 Å². The van der Waals surface area contributed by atoms with Crippen molar-refractivity contribution >= 4 is 28.1 Å². The van der Waals surface area contributed by atoms with Crippen molar-refractivity contribution in [3.05, 3.63) is 70.9 Å². The van der Waals surface area contributed by atoms with Gasteiger partial charge in [0, 0.05) is 16.8 Å². The molecule has 2 aromatic carbocycles. The maximum absolute atomic E-state index is 4.88. The number of imidazole rings is 1. The summed E-state index contributed by atoms with van der Waals surface area (Å²) < 4.78 is 2.31. The van der Waals surface area contributed by atoms with Crippen LogP contribution >= 0.6 is 11.3 Å². The highest BCUT2D eigenvalue weighted by Gasteiger charge is 2.27. The van der Waals surface area contributed by atoms with Crippen molar-refractivity contribution in [2.75, 3.05) is 5.32 Å². The van der Waals surface area contributed by atoms with Gasteiger partial charge in [0.2, 0.25) is 0 Å². The molecule has 0 amide bonds. The fourth-order valence-electron chi connectivity index (χ4n) is 3.17. The van der Waals surface area contributed by atoms with E-state index in [0.29, 0.717) is 0 Å². The summed E-state index contributed by atoms with van der Waals surface area (Å²) in [6.45, 7) is 0. The first-order chi connectivity index (χ1) is 10.9. The highest BCUT2D eigenvalue weighted by Crippen LogP contribution is 2.40.